The molecule has 0 aliphatic carbocycles. The fraction of sp³-hybridized carbons (Fsp3) is 0.125. The predicted molar refractivity (Wildman–Crippen MR) is 117 cm³/mol. The summed E-state index contributed by atoms with van der Waals surface area (Å²) < 4.78 is 1.42. The highest BCUT2D eigenvalue weighted by Crippen LogP contribution is 2.26. The summed E-state index contributed by atoms with van der Waals surface area (Å²) in [5.41, 5.74) is 1.89. The molecule has 2 N–H and O–H groups in total. The SMILES string of the molecule is CCc1ccccc1NC(=O)c1c(O)c2cccnc2n(Cc2ccccc2)c1=O. The highest BCUT2D eigenvalue weighted by Gasteiger charge is 2.23. The van der Waals surface area contributed by atoms with Crippen molar-refractivity contribution in [3.05, 3.63) is 100.0 Å². The Morgan fingerprint density at radius 2 is 1.77 bits per heavy atom. The Bertz CT molecular complexity index is 1280. The van der Waals surface area contributed by atoms with Crippen molar-refractivity contribution < 1.29 is 9.90 Å². The van der Waals surface area contributed by atoms with E-state index in [0.29, 0.717) is 16.7 Å². The van der Waals surface area contributed by atoms with E-state index in [-0.39, 0.29) is 17.9 Å². The number of carbonyl (C=O) groups excluding carboxylic acids is 1. The molecule has 150 valence electrons. The van der Waals surface area contributed by atoms with Gasteiger partial charge in [-0.1, -0.05) is 55.5 Å². The van der Waals surface area contributed by atoms with Crippen LogP contribution < -0.4 is 10.9 Å². The maximum absolute atomic E-state index is 13.3. The Labute approximate surface area is 173 Å². The summed E-state index contributed by atoms with van der Waals surface area (Å²) in [5, 5.41) is 13.9. The van der Waals surface area contributed by atoms with Gasteiger partial charge in [0.25, 0.3) is 11.5 Å². The molecule has 0 atom stereocenters. The van der Waals surface area contributed by atoms with Crippen molar-refractivity contribution in [2.45, 2.75) is 19.9 Å². The molecular weight excluding hydrogens is 378 g/mol. The van der Waals surface area contributed by atoms with Gasteiger partial charge in [0.1, 0.15) is 17.0 Å². The van der Waals surface area contributed by atoms with Crippen LogP contribution in [0.2, 0.25) is 0 Å². The number of hydrogen-bond acceptors (Lipinski definition) is 4. The Morgan fingerprint density at radius 3 is 2.53 bits per heavy atom. The molecule has 2 heterocycles. The number of fused-ring (bicyclic) bond motifs is 1. The first-order valence-corrected chi connectivity index (χ1v) is 9.73. The van der Waals surface area contributed by atoms with Crippen LogP contribution in [0.5, 0.6) is 5.75 Å². The van der Waals surface area contributed by atoms with Crippen LogP contribution in [0, 0.1) is 0 Å². The van der Waals surface area contributed by atoms with Gasteiger partial charge in [-0.25, -0.2) is 4.98 Å². The second-order valence-electron chi connectivity index (χ2n) is 6.94. The van der Waals surface area contributed by atoms with Gasteiger partial charge in [0.05, 0.1) is 11.9 Å². The number of nitrogens with one attached hydrogen (secondary N) is 1. The molecule has 0 saturated heterocycles. The van der Waals surface area contributed by atoms with E-state index in [2.05, 4.69) is 10.3 Å². The lowest BCUT2D eigenvalue weighted by molar-refractivity contribution is 0.102. The lowest BCUT2D eigenvalue weighted by Gasteiger charge is -2.15. The van der Waals surface area contributed by atoms with E-state index in [1.54, 1.807) is 24.4 Å². The lowest BCUT2D eigenvalue weighted by atomic mass is 10.1. The number of aromatic hydroxyl groups is 1. The van der Waals surface area contributed by atoms with E-state index in [1.165, 1.54) is 4.57 Å². The number of aromatic nitrogens is 2. The minimum atomic E-state index is -0.647. The summed E-state index contributed by atoms with van der Waals surface area (Å²) in [5.74, 6) is -1.01. The maximum Gasteiger partial charge on any atom is 0.269 e. The molecule has 0 aliphatic rings. The number of benzene rings is 2. The van der Waals surface area contributed by atoms with Gasteiger partial charge in [0.15, 0.2) is 0 Å². The standard InChI is InChI=1S/C24H21N3O3/c1-2-17-11-6-7-13-19(17)26-23(29)20-21(28)18-12-8-14-25-22(18)27(24(20)30)15-16-9-4-3-5-10-16/h3-14,28H,2,15H2,1H3,(H,26,29). The monoisotopic (exact) mass is 399 g/mol. The first-order valence-electron chi connectivity index (χ1n) is 9.73. The van der Waals surface area contributed by atoms with Crippen LogP contribution in [-0.2, 0) is 13.0 Å². The number of para-hydroxylation sites is 1. The molecule has 1 amide bonds. The quantitative estimate of drug-likeness (QED) is 0.532. The molecule has 0 radical (unpaired) electrons. The lowest BCUT2D eigenvalue weighted by Crippen LogP contribution is -2.30. The van der Waals surface area contributed by atoms with E-state index in [1.807, 2.05) is 55.5 Å². The van der Waals surface area contributed by atoms with Gasteiger partial charge >= 0.3 is 0 Å². The van der Waals surface area contributed by atoms with Gasteiger partial charge in [-0.2, -0.15) is 0 Å². The molecule has 0 fully saturated rings. The Hall–Kier alpha value is -3.93. The zero-order valence-electron chi connectivity index (χ0n) is 16.5. The van der Waals surface area contributed by atoms with Crippen LogP contribution in [-0.4, -0.2) is 20.6 Å². The fourth-order valence-electron chi connectivity index (χ4n) is 3.52. The van der Waals surface area contributed by atoms with Crippen LogP contribution >= 0.6 is 0 Å². The van der Waals surface area contributed by atoms with Crippen LogP contribution in [0.3, 0.4) is 0 Å². The zero-order valence-corrected chi connectivity index (χ0v) is 16.5. The van der Waals surface area contributed by atoms with E-state index in [4.69, 9.17) is 0 Å². The second kappa shape index (κ2) is 8.21. The largest absolute Gasteiger partial charge is 0.506 e. The first-order chi connectivity index (χ1) is 14.6. The van der Waals surface area contributed by atoms with Gasteiger partial charge < -0.3 is 10.4 Å². The van der Waals surface area contributed by atoms with Crippen molar-refractivity contribution in [1.29, 1.82) is 0 Å². The molecule has 4 aromatic rings. The van der Waals surface area contributed by atoms with Crippen LogP contribution in [0.25, 0.3) is 11.0 Å². The molecule has 4 rings (SSSR count). The second-order valence-corrected chi connectivity index (χ2v) is 6.94. The summed E-state index contributed by atoms with van der Waals surface area (Å²) >= 11 is 0. The van der Waals surface area contributed by atoms with Crippen LogP contribution in [0.4, 0.5) is 5.69 Å². The molecule has 0 aliphatic heterocycles. The molecule has 0 spiro atoms. The maximum atomic E-state index is 13.3. The summed E-state index contributed by atoms with van der Waals surface area (Å²) in [7, 11) is 0. The minimum absolute atomic E-state index is 0.235. The molecule has 2 aromatic heterocycles. The third-order valence-corrected chi connectivity index (χ3v) is 5.05. The van der Waals surface area contributed by atoms with E-state index in [9.17, 15) is 14.7 Å². The van der Waals surface area contributed by atoms with Crippen molar-refractivity contribution in [1.82, 2.24) is 9.55 Å². The third kappa shape index (κ3) is 3.55. The number of rotatable bonds is 5. The van der Waals surface area contributed by atoms with Crippen molar-refractivity contribution in [2.75, 3.05) is 5.32 Å². The fourth-order valence-corrected chi connectivity index (χ4v) is 3.52. The average molecular weight is 399 g/mol. The molecule has 6 nitrogen and oxygen atoms in total. The Morgan fingerprint density at radius 1 is 1.03 bits per heavy atom. The van der Waals surface area contributed by atoms with Crippen molar-refractivity contribution >= 4 is 22.6 Å². The van der Waals surface area contributed by atoms with Gasteiger partial charge in [-0.05, 0) is 35.7 Å². The highest BCUT2D eigenvalue weighted by molar-refractivity contribution is 6.09. The van der Waals surface area contributed by atoms with Crippen molar-refractivity contribution in [3.8, 4) is 5.75 Å². The minimum Gasteiger partial charge on any atom is -0.506 e. The Kier molecular flexibility index (Phi) is 5.30. The summed E-state index contributed by atoms with van der Waals surface area (Å²) in [6.07, 6.45) is 2.28. The highest BCUT2D eigenvalue weighted by atomic mass is 16.3. The third-order valence-electron chi connectivity index (χ3n) is 5.05. The van der Waals surface area contributed by atoms with Crippen LogP contribution in [0.15, 0.2) is 77.7 Å². The molecule has 0 bridgehead atoms. The Balaban J connectivity index is 1.85. The normalized spacial score (nSPS) is 10.8. The number of anilines is 1. The number of pyridine rings is 2. The summed E-state index contributed by atoms with van der Waals surface area (Å²) in [6.45, 7) is 2.22. The summed E-state index contributed by atoms with van der Waals surface area (Å²) in [4.78, 5) is 30.6. The molecule has 2 aromatic carbocycles. The van der Waals surface area contributed by atoms with E-state index >= 15 is 0 Å². The summed E-state index contributed by atoms with van der Waals surface area (Å²) in [6, 6.07) is 20.1. The number of aryl methyl sites for hydroxylation is 1. The topological polar surface area (TPSA) is 84.2 Å². The van der Waals surface area contributed by atoms with E-state index < -0.39 is 11.5 Å². The van der Waals surface area contributed by atoms with Gasteiger partial charge in [0, 0.05) is 11.9 Å². The van der Waals surface area contributed by atoms with Crippen molar-refractivity contribution in [3.63, 3.8) is 0 Å². The molecule has 6 heteroatoms. The predicted octanol–water partition coefficient (Wildman–Crippen LogP) is 3.97. The van der Waals surface area contributed by atoms with Gasteiger partial charge in [-0.15, -0.1) is 0 Å². The number of amides is 1. The number of hydrogen-bond donors (Lipinski definition) is 2. The molecule has 0 saturated carbocycles. The number of nitrogens with zero attached hydrogens (tertiary/aromatic N) is 2. The van der Waals surface area contributed by atoms with E-state index in [0.717, 1.165) is 17.5 Å². The van der Waals surface area contributed by atoms with Gasteiger partial charge in [0.2, 0.25) is 0 Å². The average Bonchev–Trinajstić information content (AvgIpc) is 2.78. The smallest absolute Gasteiger partial charge is 0.269 e. The van der Waals surface area contributed by atoms with Crippen LogP contribution in [0.1, 0.15) is 28.4 Å². The number of carbonyl (C=O) groups is 1. The van der Waals surface area contributed by atoms with Gasteiger partial charge in [-0.3, -0.25) is 14.2 Å². The molecule has 0 unspecified atom stereocenters. The zero-order chi connectivity index (χ0) is 21.1. The molecule has 30 heavy (non-hydrogen) atoms. The first kappa shape index (κ1) is 19.4. The molecular formula is C24H21N3O3. The van der Waals surface area contributed by atoms with Crippen molar-refractivity contribution in [2.24, 2.45) is 0 Å².